The van der Waals surface area contributed by atoms with Gasteiger partial charge < -0.3 is 14.2 Å². The Balaban J connectivity index is 4.13. The quantitative estimate of drug-likeness (QED) is 0.0261. The van der Waals surface area contributed by atoms with E-state index in [0.717, 1.165) is 141 Å². The first-order valence-electron chi connectivity index (χ1n) is 34.3. The van der Waals surface area contributed by atoms with Crippen molar-refractivity contribution in [3.8, 4) is 0 Å². The van der Waals surface area contributed by atoms with Gasteiger partial charge in [-0.15, -0.1) is 0 Å². The maximum Gasteiger partial charge on any atom is 0.306 e. The number of unbranched alkanes of at least 4 members (excludes halogenated alkanes) is 26. The van der Waals surface area contributed by atoms with E-state index >= 15 is 0 Å². The molecule has 1 unspecified atom stereocenters. The maximum atomic E-state index is 12.9. The molecule has 0 bridgehead atoms. The van der Waals surface area contributed by atoms with E-state index in [2.05, 4.69) is 167 Å². The summed E-state index contributed by atoms with van der Waals surface area (Å²) < 4.78 is 16.9. The molecule has 0 radical (unpaired) electrons. The largest absolute Gasteiger partial charge is 0.462 e. The molecule has 1 atom stereocenters. The van der Waals surface area contributed by atoms with Gasteiger partial charge >= 0.3 is 17.9 Å². The molecule has 0 aliphatic heterocycles. The Morgan fingerprint density at radius 3 is 0.735 bits per heavy atom. The molecule has 0 aromatic carbocycles. The summed E-state index contributed by atoms with van der Waals surface area (Å²) in [6.07, 6.45) is 100. The van der Waals surface area contributed by atoms with E-state index in [1.807, 2.05) is 0 Å². The number of hydrogen-bond donors (Lipinski definition) is 0. The smallest absolute Gasteiger partial charge is 0.306 e. The average Bonchev–Trinajstić information content (AvgIpc) is 3.50. The highest BCUT2D eigenvalue weighted by Crippen LogP contribution is 2.16. The second-order valence-corrected chi connectivity index (χ2v) is 22.3. The number of ether oxygens (including phenoxy) is 3. The third-order valence-electron chi connectivity index (χ3n) is 14.3. The Kier molecular flexibility index (Phi) is 65.8. The minimum atomic E-state index is -0.785. The fourth-order valence-corrected chi connectivity index (χ4v) is 9.27. The zero-order valence-electron chi connectivity index (χ0n) is 53.9. The number of rotatable bonds is 61. The maximum absolute atomic E-state index is 12.9. The van der Waals surface area contributed by atoms with Crippen molar-refractivity contribution < 1.29 is 28.6 Å². The second kappa shape index (κ2) is 69.8. The Bertz CT molecular complexity index is 1800. The van der Waals surface area contributed by atoms with Gasteiger partial charge in [0.15, 0.2) is 6.10 Å². The normalized spacial score (nSPS) is 13.0. The van der Waals surface area contributed by atoms with E-state index in [0.29, 0.717) is 19.3 Å². The number of esters is 3. The summed E-state index contributed by atoms with van der Waals surface area (Å²) in [5.74, 6) is -0.895. The Hall–Kier alpha value is -4.71. The molecule has 470 valence electrons. The van der Waals surface area contributed by atoms with Crippen LogP contribution in [0.15, 0.2) is 146 Å². The lowest BCUT2D eigenvalue weighted by Gasteiger charge is -2.18. The summed E-state index contributed by atoms with van der Waals surface area (Å²) in [6.45, 7) is 6.37. The zero-order valence-corrected chi connectivity index (χ0v) is 53.9. The molecule has 0 heterocycles. The lowest BCUT2D eigenvalue weighted by atomic mass is 10.0. The van der Waals surface area contributed by atoms with Crippen LogP contribution in [0.3, 0.4) is 0 Å². The van der Waals surface area contributed by atoms with Crippen molar-refractivity contribution in [2.45, 2.75) is 309 Å². The van der Waals surface area contributed by atoms with Crippen molar-refractivity contribution >= 4 is 17.9 Å². The third kappa shape index (κ3) is 68.0. The molecule has 0 aliphatic rings. The van der Waals surface area contributed by atoms with Gasteiger partial charge in [-0.25, -0.2) is 0 Å². The second-order valence-electron chi connectivity index (χ2n) is 22.3. The number of carbonyl (C=O) groups excluding carboxylic acids is 3. The van der Waals surface area contributed by atoms with E-state index in [1.165, 1.54) is 122 Å². The van der Waals surface area contributed by atoms with Gasteiger partial charge in [0.25, 0.3) is 0 Å². The monoisotopic (exact) mass is 1150 g/mol. The molecule has 0 saturated carbocycles. The van der Waals surface area contributed by atoms with Gasteiger partial charge in [-0.3, -0.25) is 14.4 Å². The van der Waals surface area contributed by atoms with E-state index in [9.17, 15) is 14.4 Å². The van der Waals surface area contributed by atoms with Crippen LogP contribution in [0.1, 0.15) is 303 Å². The fourth-order valence-electron chi connectivity index (χ4n) is 9.27. The van der Waals surface area contributed by atoms with Crippen molar-refractivity contribution in [1.29, 1.82) is 0 Å². The minimum Gasteiger partial charge on any atom is -0.462 e. The molecule has 0 spiro atoms. The summed E-state index contributed by atoms with van der Waals surface area (Å²) in [6, 6.07) is 0. The number of hydrogen-bond acceptors (Lipinski definition) is 6. The van der Waals surface area contributed by atoms with E-state index in [4.69, 9.17) is 14.2 Å². The Labute approximate surface area is 512 Å². The lowest BCUT2D eigenvalue weighted by Crippen LogP contribution is -2.30. The van der Waals surface area contributed by atoms with Crippen LogP contribution in [0.25, 0.3) is 0 Å². The third-order valence-corrected chi connectivity index (χ3v) is 14.3. The molecule has 0 rings (SSSR count). The Morgan fingerprint density at radius 1 is 0.253 bits per heavy atom. The molecule has 0 aliphatic carbocycles. The lowest BCUT2D eigenvalue weighted by molar-refractivity contribution is -0.167. The average molecular weight is 1150 g/mol. The van der Waals surface area contributed by atoms with Crippen LogP contribution in [0, 0.1) is 0 Å². The Morgan fingerprint density at radius 2 is 0.470 bits per heavy atom. The first kappa shape index (κ1) is 78.3. The molecule has 83 heavy (non-hydrogen) atoms. The molecule has 6 nitrogen and oxygen atoms in total. The molecule has 0 saturated heterocycles. The minimum absolute atomic E-state index is 0.0830. The molecule has 0 aromatic rings. The van der Waals surface area contributed by atoms with Gasteiger partial charge in [0.2, 0.25) is 0 Å². The van der Waals surface area contributed by atoms with Crippen LogP contribution in [0.2, 0.25) is 0 Å². The predicted molar refractivity (Wildman–Crippen MR) is 362 cm³/mol. The van der Waals surface area contributed by atoms with Gasteiger partial charge in [0.1, 0.15) is 13.2 Å². The van der Waals surface area contributed by atoms with E-state index < -0.39 is 6.10 Å². The van der Waals surface area contributed by atoms with Crippen LogP contribution in [0.4, 0.5) is 0 Å². The highest BCUT2D eigenvalue weighted by atomic mass is 16.6. The topological polar surface area (TPSA) is 78.9 Å². The van der Waals surface area contributed by atoms with Crippen LogP contribution < -0.4 is 0 Å². The first-order valence-corrected chi connectivity index (χ1v) is 34.3. The fraction of sp³-hybridized carbons (Fsp3) is 0.649. The number of allylic oxidation sites excluding steroid dienone is 24. The van der Waals surface area contributed by atoms with Gasteiger partial charge in [-0.1, -0.05) is 308 Å². The van der Waals surface area contributed by atoms with Crippen molar-refractivity contribution in [3.63, 3.8) is 0 Å². The van der Waals surface area contributed by atoms with Crippen LogP contribution >= 0.6 is 0 Å². The highest BCUT2D eigenvalue weighted by Gasteiger charge is 2.19. The van der Waals surface area contributed by atoms with Crippen molar-refractivity contribution in [2.24, 2.45) is 0 Å². The standard InChI is InChI=1S/C77H126O6/c1-4-7-10-13-16-18-20-22-24-26-28-30-32-34-35-36-37-38-39-40-41-43-44-46-48-50-52-54-56-58-61-64-67-70-76(79)82-73-74(72-81-75(78)69-66-63-60-15-12-9-6-3)83-77(80)71-68-65-62-59-57-55-53-51-49-47-45-42-33-31-29-27-25-23-21-19-17-14-11-8-5-2/h7-8,10-11,16-19,22-25,28-31,34-35,37-38,40-42,45,74H,4-6,9,12-15,20-21,26-27,32-33,36,39,43-44,46-73H2,1-3H3/b10-7-,11-8-,18-16-,19-17-,24-22-,25-23-,30-28-,31-29-,35-34-,38-37-,41-40-,45-42-. The summed E-state index contributed by atoms with van der Waals surface area (Å²) in [4.78, 5) is 38.2. The van der Waals surface area contributed by atoms with E-state index in [1.54, 1.807) is 0 Å². The molecule has 0 amide bonds. The molecular formula is C77H126O6. The predicted octanol–water partition coefficient (Wildman–Crippen LogP) is 23.9. The molecule has 0 fully saturated rings. The van der Waals surface area contributed by atoms with Crippen molar-refractivity contribution in [2.75, 3.05) is 13.2 Å². The molecule has 0 aromatic heterocycles. The van der Waals surface area contributed by atoms with Crippen molar-refractivity contribution in [1.82, 2.24) is 0 Å². The van der Waals surface area contributed by atoms with Gasteiger partial charge in [0, 0.05) is 19.3 Å². The SMILES string of the molecule is CC/C=C\C/C=C\C/C=C\C/C=C\C/C=C\C/C=C\C/C=C\CCCCCCCCCCCCCC(=O)OCC(COC(=O)CCCCCCCCC)OC(=O)CCCCCCCCCCC/C=C\C/C=C\C/C=C\C/C=C\C/C=C\CC. The van der Waals surface area contributed by atoms with Crippen LogP contribution in [-0.2, 0) is 28.6 Å². The molecular weight excluding hydrogens is 1020 g/mol. The van der Waals surface area contributed by atoms with Gasteiger partial charge in [-0.2, -0.15) is 0 Å². The summed E-state index contributed by atoms with van der Waals surface area (Å²) in [7, 11) is 0. The first-order chi connectivity index (χ1) is 41.0. The molecule has 0 N–H and O–H groups in total. The summed E-state index contributed by atoms with van der Waals surface area (Å²) >= 11 is 0. The van der Waals surface area contributed by atoms with E-state index in [-0.39, 0.29) is 31.1 Å². The van der Waals surface area contributed by atoms with Gasteiger partial charge in [0.05, 0.1) is 0 Å². The van der Waals surface area contributed by atoms with Crippen LogP contribution in [-0.4, -0.2) is 37.2 Å². The number of carbonyl (C=O) groups is 3. The van der Waals surface area contributed by atoms with Crippen molar-refractivity contribution in [3.05, 3.63) is 146 Å². The summed E-state index contributed by atoms with van der Waals surface area (Å²) in [5, 5.41) is 0. The van der Waals surface area contributed by atoms with Crippen LogP contribution in [0.5, 0.6) is 0 Å². The summed E-state index contributed by atoms with van der Waals surface area (Å²) in [5.41, 5.74) is 0. The molecule has 6 heteroatoms. The zero-order chi connectivity index (χ0) is 59.9. The highest BCUT2D eigenvalue weighted by molar-refractivity contribution is 5.71. The van der Waals surface area contributed by atoms with Gasteiger partial charge in [-0.05, 0) is 122 Å².